The van der Waals surface area contributed by atoms with Gasteiger partial charge >= 0.3 is 0 Å². The second-order valence-electron chi connectivity index (χ2n) is 5.18. The number of methoxy groups -OCH3 is 1. The van der Waals surface area contributed by atoms with Gasteiger partial charge in [0, 0.05) is 24.8 Å². The van der Waals surface area contributed by atoms with Crippen molar-refractivity contribution in [2.24, 2.45) is 0 Å². The van der Waals surface area contributed by atoms with Gasteiger partial charge in [0.2, 0.25) is 0 Å². The van der Waals surface area contributed by atoms with Crippen molar-refractivity contribution in [3.05, 3.63) is 59.7 Å². The molecule has 0 radical (unpaired) electrons. The van der Waals surface area contributed by atoms with E-state index in [-0.39, 0.29) is 6.10 Å². The molecule has 1 N–H and O–H groups in total. The highest BCUT2D eigenvalue weighted by molar-refractivity contribution is 5.49. The van der Waals surface area contributed by atoms with Gasteiger partial charge in [0.05, 0.1) is 13.2 Å². The Bertz CT molecular complexity index is 566. The average Bonchev–Trinajstić information content (AvgIpc) is 2.54. The van der Waals surface area contributed by atoms with Crippen molar-refractivity contribution in [2.75, 3.05) is 19.1 Å². The van der Waals surface area contributed by atoms with Crippen molar-refractivity contribution in [3.8, 4) is 5.75 Å². The van der Waals surface area contributed by atoms with E-state index in [0.29, 0.717) is 0 Å². The molecule has 112 valence electrons. The van der Waals surface area contributed by atoms with Gasteiger partial charge in [-0.15, -0.1) is 0 Å². The molecule has 0 amide bonds. The maximum absolute atomic E-state index is 9.83. The molecule has 1 atom stereocenters. The first-order valence-electron chi connectivity index (χ1n) is 7.26. The van der Waals surface area contributed by atoms with Gasteiger partial charge in [0.1, 0.15) is 5.75 Å². The molecule has 0 aliphatic rings. The summed E-state index contributed by atoms with van der Waals surface area (Å²) < 4.78 is 5.39. The lowest BCUT2D eigenvalue weighted by atomic mass is 10.1. The highest BCUT2D eigenvalue weighted by atomic mass is 16.5. The Morgan fingerprint density at radius 3 is 2.38 bits per heavy atom. The lowest BCUT2D eigenvalue weighted by Gasteiger charge is -2.21. The molecule has 0 bridgehead atoms. The number of para-hydroxylation sites is 1. The van der Waals surface area contributed by atoms with Gasteiger partial charge in [0.25, 0.3) is 0 Å². The van der Waals surface area contributed by atoms with E-state index in [1.54, 1.807) is 7.11 Å². The molecule has 0 saturated heterocycles. The van der Waals surface area contributed by atoms with Gasteiger partial charge in [-0.25, -0.2) is 0 Å². The first-order valence-corrected chi connectivity index (χ1v) is 7.26. The summed E-state index contributed by atoms with van der Waals surface area (Å²) in [5, 5.41) is 9.83. The third kappa shape index (κ3) is 3.76. The van der Waals surface area contributed by atoms with Crippen molar-refractivity contribution >= 4 is 5.69 Å². The number of aliphatic hydroxyl groups excluding tert-OH is 1. The van der Waals surface area contributed by atoms with Crippen LogP contribution < -0.4 is 9.64 Å². The van der Waals surface area contributed by atoms with Crippen molar-refractivity contribution in [1.82, 2.24) is 0 Å². The summed E-state index contributed by atoms with van der Waals surface area (Å²) in [7, 11) is 3.75. The third-order valence-corrected chi connectivity index (χ3v) is 3.71. The fraction of sp³-hybridized carbons (Fsp3) is 0.333. The second kappa shape index (κ2) is 7.14. The van der Waals surface area contributed by atoms with Gasteiger partial charge in [-0.3, -0.25) is 0 Å². The first-order chi connectivity index (χ1) is 10.2. The topological polar surface area (TPSA) is 32.7 Å². The quantitative estimate of drug-likeness (QED) is 0.877. The fourth-order valence-corrected chi connectivity index (χ4v) is 2.37. The zero-order valence-electron chi connectivity index (χ0n) is 12.9. The maximum atomic E-state index is 9.83. The van der Waals surface area contributed by atoms with Gasteiger partial charge in [-0.05, 0) is 30.2 Å². The summed E-state index contributed by atoms with van der Waals surface area (Å²) in [5.74, 6) is 0.905. The molecule has 0 spiro atoms. The molecule has 0 saturated carbocycles. The second-order valence-corrected chi connectivity index (χ2v) is 5.18. The van der Waals surface area contributed by atoms with Gasteiger partial charge in [0.15, 0.2) is 0 Å². The SMILES string of the molecule is CC[C@@H](O)c1ccc(N(C)Cc2ccccc2OC)cc1. The lowest BCUT2D eigenvalue weighted by Crippen LogP contribution is -2.16. The summed E-state index contributed by atoms with van der Waals surface area (Å²) in [6.07, 6.45) is 0.356. The zero-order chi connectivity index (χ0) is 15.2. The van der Waals surface area contributed by atoms with E-state index in [1.807, 2.05) is 49.4 Å². The maximum Gasteiger partial charge on any atom is 0.123 e. The number of benzene rings is 2. The van der Waals surface area contributed by atoms with Crippen LogP contribution in [0, 0.1) is 0 Å². The molecule has 2 aromatic carbocycles. The monoisotopic (exact) mass is 285 g/mol. The van der Waals surface area contributed by atoms with Crippen LogP contribution >= 0.6 is 0 Å². The van der Waals surface area contributed by atoms with Crippen LogP contribution in [-0.2, 0) is 6.54 Å². The van der Waals surface area contributed by atoms with Gasteiger partial charge < -0.3 is 14.7 Å². The smallest absolute Gasteiger partial charge is 0.123 e. The summed E-state index contributed by atoms with van der Waals surface area (Å²) in [5.41, 5.74) is 3.24. The van der Waals surface area contributed by atoms with Crippen molar-refractivity contribution in [2.45, 2.75) is 26.0 Å². The Kier molecular flexibility index (Phi) is 5.23. The van der Waals surface area contributed by atoms with Crippen LogP contribution in [-0.4, -0.2) is 19.3 Å². The first kappa shape index (κ1) is 15.4. The predicted molar refractivity (Wildman–Crippen MR) is 86.8 cm³/mol. The minimum atomic E-state index is -0.376. The molecule has 0 heterocycles. The molecule has 0 unspecified atom stereocenters. The molecule has 3 nitrogen and oxygen atoms in total. The molecule has 0 aliphatic carbocycles. The Labute approximate surface area is 126 Å². The number of hydrogen-bond acceptors (Lipinski definition) is 3. The number of rotatable bonds is 6. The molecular formula is C18H23NO2. The number of anilines is 1. The number of ether oxygens (including phenoxy) is 1. The zero-order valence-corrected chi connectivity index (χ0v) is 12.9. The Morgan fingerprint density at radius 1 is 1.10 bits per heavy atom. The van der Waals surface area contributed by atoms with Gasteiger partial charge in [-0.2, -0.15) is 0 Å². The third-order valence-electron chi connectivity index (χ3n) is 3.71. The largest absolute Gasteiger partial charge is 0.496 e. The molecular weight excluding hydrogens is 262 g/mol. The molecule has 21 heavy (non-hydrogen) atoms. The van der Waals surface area contributed by atoms with E-state index >= 15 is 0 Å². The van der Waals surface area contributed by atoms with Crippen LogP contribution in [0.25, 0.3) is 0 Å². The standard InChI is InChI=1S/C18H23NO2/c1-4-17(20)14-9-11-16(12-10-14)19(2)13-15-7-5-6-8-18(15)21-3/h5-12,17,20H,4,13H2,1-3H3/t17-/m1/s1. The Morgan fingerprint density at radius 2 is 1.76 bits per heavy atom. The number of hydrogen-bond donors (Lipinski definition) is 1. The highest BCUT2D eigenvalue weighted by Crippen LogP contribution is 2.24. The Hall–Kier alpha value is -2.00. The van der Waals surface area contributed by atoms with E-state index in [9.17, 15) is 5.11 Å². The van der Waals surface area contributed by atoms with E-state index in [0.717, 1.165) is 35.5 Å². The summed E-state index contributed by atoms with van der Waals surface area (Å²) in [4.78, 5) is 2.17. The summed E-state index contributed by atoms with van der Waals surface area (Å²) in [6.45, 7) is 2.76. The van der Waals surface area contributed by atoms with Gasteiger partial charge in [-0.1, -0.05) is 37.3 Å². The average molecular weight is 285 g/mol. The minimum absolute atomic E-state index is 0.376. The molecule has 0 fully saturated rings. The van der Waals surface area contributed by atoms with Crippen LogP contribution in [0.3, 0.4) is 0 Å². The van der Waals surface area contributed by atoms with Crippen molar-refractivity contribution in [1.29, 1.82) is 0 Å². The molecule has 0 aliphatic heterocycles. The summed E-state index contributed by atoms with van der Waals surface area (Å²) in [6, 6.07) is 16.1. The van der Waals surface area contributed by atoms with Crippen molar-refractivity contribution < 1.29 is 9.84 Å². The normalized spacial score (nSPS) is 12.0. The molecule has 3 heteroatoms. The lowest BCUT2D eigenvalue weighted by molar-refractivity contribution is 0.173. The summed E-state index contributed by atoms with van der Waals surface area (Å²) >= 11 is 0. The minimum Gasteiger partial charge on any atom is -0.496 e. The highest BCUT2D eigenvalue weighted by Gasteiger charge is 2.08. The van der Waals surface area contributed by atoms with E-state index < -0.39 is 0 Å². The molecule has 2 aromatic rings. The van der Waals surface area contributed by atoms with Crippen LogP contribution in [0.1, 0.15) is 30.6 Å². The number of nitrogens with zero attached hydrogens (tertiary/aromatic N) is 1. The van der Waals surface area contributed by atoms with E-state index in [1.165, 1.54) is 0 Å². The van der Waals surface area contributed by atoms with Crippen LogP contribution in [0.15, 0.2) is 48.5 Å². The van der Waals surface area contributed by atoms with Crippen LogP contribution in [0.2, 0.25) is 0 Å². The molecule has 2 rings (SSSR count). The predicted octanol–water partition coefficient (Wildman–Crippen LogP) is 3.78. The number of aliphatic hydroxyl groups is 1. The Balaban J connectivity index is 2.11. The van der Waals surface area contributed by atoms with E-state index in [2.05, 4.69) is 18.0 Å². The van der Waals surface area contributed by atoms with Crippen LogP contribution in [0.5, 0.6) is 5.75 Å². The van der Waals surface area contributed by atoms with E-state index in [4.69, 9.17) is 4.74 Å². The molecule has 0 aromatic heterocycles. The fourth-order valence-electron chi connectivity index (χ4n) is 2.37. The van der Waals surface area contributed by atoms with Crippen LogP contribution in [0.4, 0.5) is 5.69 Å². The van der Waals surface area contributed by atoms with Crippen molar-refractivity contribution in [3.63, 3.8) is 0 Å².